The van der Waals surface area contributed by atoms with Crippen molar-refractivity contribution in [3.63, 3.8) is 0 Å². The van der Waals surface area contributed by atoms with Gasteiger partial charge in [-0.1, -0.05) is 30.3 Å². The van der Waals surface area contributed by atoms with Gasteiger partial charge in [0.25, 0.3) is 5.91 Å². The molecule has 6 heteroatoms. The highest BCUT2D eigenvalue weighted by molar-refractivity contribution is 5.95. The summed E-state index contributed by atoms with van der Waals surface area (Å²) < 4.78 is 1.83. The maximum atomic E-state index is 13.0. The van der Waals surface area contributed by atoms with Gasteiger partial charge in [-0.25, -0.2) is 0 Å². The number of benzene rings is 1. The van der Waals surface area contributed by atoms with Gasteiger partial charge in [0.1, 0.15) is 0 Å². The van der Waals surface area contributed by atoms with Gasteiger partial charge < -0.3 is 10.0 Å². The van der Waals surface area contributed by atoms with E-state index in [1.807, 2.05) is 62.7 Å². The molecule has 1 aromatic heterocycles. The van der Waals surface area contributed by atoms with Crippen LogP contribution < -0.4 is 0 Å². The van der Waals surface area contributed by atoms with Crippen LogP contribution in [0.3, 0.4) is 0 Å². The number of amides is 1. The monoisotopic (exact) mass is 355 g/mol. The van der Waals surface area contributed by atoms with E-state index in [0.29, 0.717) is 12.1 Å². The van der Waals surface area contributed by atoms with E-state index in [2.05, 4.69) is 5.10 Å². The Morgan fingerprint density at radius 3 is 2.35 bits per heavy atom. The third kappa shape index (κ3) is 3.23. The molecule has 1 saturated heterocycles. The number of aromatic nitrogens is 2. The second-order valence-electron chi connectivity index (χ2n) is 7.90. The average Bonchev–Trinajstić information content (AvgIpc) is 3.18. The predicted octanol–water partition coefficient (Wildman–Crippen LogP) is 2.89. The van der Waals surface area contributed by atoms with Gasteiger partial charge in [-0.05, 0) is 33.3 Å². The molecule has 1 aliphatic heterocycles. The third-order valence-corrected chi connectivity index (χ3v) is 5.03. The molecule has 26 heavy (non-hydrogen) atoms. The molecular weight excluding hydrogens is 330 g/mol. The molecule has 0 saturated carbocycles. The molecule has 2 atom stereocenters. The Hall–Kier alpha value is -2.63. The molecule has 1 amide bonds. The highest BCUT2D eigenvalue weighted by atomic mass is 16.4. The summed E-state index contributed by atoms with van der Waals surface area (Å²) >= 11 is 0. The summed E-state index contributed by atoms with van der Waals surface area (Å²) in [5.41, 5.74) is 2.08. The number of carboxylic acid groups (broad SMARTS) is 1. The number of carboxylic acids is 1. The van der Waals surface area contributed by atoms with Crippen LogP contribution >= 0.6 is 0 Å². The maximum Gasteiger partial charge on any atom is 0.308 e. The molecule has 138 valence electrons. The second kappa shape index (κ2) is 6.59. The summed E-state index contributed by atoms with van der Waals surface area (Å²) in [4.78, 5) is 26.4. The van der Waals surface area contributed by atoms with Crippen molar-refractivity contribution >= 4 is 11.9 Å². The number of rotatable bonds is 3. The summed E-state index contributed by atoms with van der Waals surface area (Å²) in [7, 11) is 0. The fraction of sp³-hybridized carbons (Fsp3) is 0.450. The minimum absolute atomic E-state index is 0.150. The summed E-state index contributed by atoms with van der Waals surface area (Å²) in [6, 6.07) is 9.56. The van der Waals surface area contributed by atoms with E-state index in [4.69, 9.17) is 0 Å². The zero-order valence-electron chi connectivity index (χ0n) is 15.6. The molecule has 0 spiro atoms. The summed E-state index contributed by atoms with van der Waals surface area (Å²) in [6.07, 6.45) is 1.59. The van der Waals surface area contributed by atoms with Gasteiger partial charge in [0.2, 0.25) is 0 Å². The van der Waals surface area contributed by atoms with Gasteiger partial charge in [0, 0.05) is 24.7 Å². The van der Waals surface area contributed by atoms with Gasteiger partial charge in [-0.2, -0.15) is 5.10 Å². The lowest BCUT2D eigenvalue weighted by atomic mass is 9.89. The number of nitrogens with zero attached hydrogens (tertiary/aromatic N) is 3. The summed E-state index contributed by atoms with van der Waals surface area (Å²) in [5, 5.41) is 14.0. The zero-order valence-corrected chi connectivity index (χ0v) is 15.6. The van der Waals surface area contributed by atoms with Crippen molar-refractivity contribution in [3.8, 4) is 0 Å². The first kappa shape index (κ1) is 18.2. The van der Waals surface area contributed by atoms with Crippen molar-refractivity contribution in [3.05, 3.63) is 53.3 Å². The predicted molar refractivity (Wildman–Crippen MR) is 98.2 cm³/mol. The fourth-order valence-electron chi connectivity index (χ4n) is 3.72. The standard InChI is InChI=1S/C20H25N3O3/c1-13-15(10-21-23(13)20(2,3)4)18(24)22-11-16(17(12-22)19(25)26)14-8-6-5-7-9-14/h5-10,16-17H,11-12H2,1-4H3,(H,25,26). The van der Waals surface area contributed by atoms with Crippen molar-refractivity contribution in [2.45, 2.75) is 39.2 Å². The van der Waals surface area contributed by atoms with E-state index in [-0.39, 0.29) is 23.9 Å². The molecular formula is C20H25N3O3. The van der Waals surface area contributed by atoms with Gasteiger partial charge in [0.15, 0.2) is 0 Å². The molecule has 0 radical (unpaired) electrons. The number of hydrogen-bond acceptors (Lipinski definition) is 3. The fourth-order valence-corrected chi connectivity index (χ4v) is 3.72. The molecule has 1 aromatic carbocycles. The van der Waals surface area contributed by atoms with Gasteiger partial charge in [0.05, 0.1) is 23.2 Å². The molecule has 1 N–H and O–H groups in total. The summed E-state index contributed by atoms with van der Waals surface area (Å²) in [6.45, 7) is 8.59. The van der Waals surface area contributed by atoms with Crippen molar-refractivity contribution < 1.29 is 14.7 Å². The van der Waals surface area contributed by atoms with Crippen molar-refractivity contribution in [2.24, 2.45) is 5.92 Å². The largest absolute Gasteiger partial charge is 0.481 e. The van der Waals surface area contributed by atoms with Crippen LogP contribution in [0.5, 0.6) is 0 Å². The SMILES string of the molecule is Cc1c(C(=O)N2CC(C(=O)O)C(c3ccccc3)C2)cnn1C(C)(C)C. The molecule has 0 bridgehead atoms. The zero-order chi connectivity index (χ0) is 19.1. The number of carbonyl (C=O) groups is 2. The van der Waals surface area contributed by atoms with Gasteiger partial charge in [-0.3, -0.25) is 14.3 Å². The Bertz CT molecular complexity index is 821. The lowest BCUT2D eigenvalue weighted by Gasteiger charge is -2.22. The lowest BCUT2D eigenvalue weighted by molar-refractivity contribution is -0.141. The van der Waals surface area contributed by atoms with Crippen LogP contribution in [0.2, 0.25) is 0 Å². The summed E-state index contributed by atoms with van der Waals surface area (Å²) in [5.74, 6) is -1.81. The smallest absolute Gasteiger partial charge is 0.308 e. The Morgan fingerprint density at radius 2 is 1.81 bits per heavy atom. The van der Waals surface area contributed by atoms with E-state index in [0.717, 1.165) is 11.3 Å². The van der Waals surface area contributed by atoms with Crippen molar-refractivity contribution in [1.29, 1.82) is 0 Å². The maximum absolute atomic E-state index is 13.0. The van der Waals surface area contributed by atoms with Crippen LogP contribution in [-0.2, 0) is 10.3 Å². The van der Waals surface area contributed by atoms with Crippen LogP contribution in [0.1, 0.15) is 48.3 Å². The molecule has 2 unspecified atom stereocenters. The first-order chi connectivity index (χ1) is 12.2. The normalized spacial score (nSPS) is 20.4. The van der Waals surface area contributed by atoms with Crippen LogP contribution in [-0.4, -0.2) is 44.8 Å². The van der Waals surface area contributed by atoms with Crippen LogP contribution in [0, 0.1) is 12.8 Å². The van der Waals surface area contributed by atoms with Crippen molar-refractivity contribution in [2.75, 3.05) is 13.1 Å². The lowest BCUT2D eigenvalue weighted by Crippen LogP contribution is -2.31. The average molecular weight is 355 g/mol. The number of aliphatic carboxylic acids is 1. The van der Waals surface area contributed by atoms with Crippen LogP contribution in [0.4, 0.5) is 0 Å². The highest BCUT2D eigenvalue weighted by Gasteiger charge is 2.41. The second-order valence-corrected chi connectivity index (χ2v) is 7.90. The number of hydrogen-bond donors (Lipinski definition) is 1. The van der Waals surface area contributed by atoms with Crippen molar-refractivity contribution in [1.82, 2.24) is 14.7 Å². The van der Waals surface area contributed by atoms with Gasteiger partial charge in [-0.15, -0.1) is 0 Å². The molecule has 6 nitrogen and oxygen atoms in total. The molecule has 3 rings (SSSR count). The van der Waals surface area contributed by atoms with E-state index < -0.39 is 11.9 Å². The minimum Gasteiger partial charge on any atom is -0.481 e. The molecule has 1 aliphatic rings. The Morgan fingerprint density at radius 1 is 1.15 bits per heavy atom. The van der Waals surface area contributed by atoms with Crippen LogP contribution in [0.15, 0.2) is 36.5 Å². The Balaban J connectivity index is 1.88. The van der Waals surface area contributed by atoms with E-state index in [1.54, 1.807) is 11.1 Å². The quantitative estimate of drug-likeness (QED) is 0.918. The molecule has 2 aromatic rings. The van der Waals surface area contributed by atoms with E-state index >= 15 is 0 Å². The Kier molecular flexibility index (Phi) is 4.61. The van der Waals surface area contributed by atoms with Crippen LogP contribution in [0.25, 0.3) is 0 Å². The number of likely N-dealkylation sites (tertiary alicyclic amines) is 1. The first-order valence-electron chi connectivity index (χ1n) is 8.82. The topological polar surface area (TPSA) is 75.4 Å². The Labute approximate surface area is 153 Å². The van der Waals surface area contributed by atoms with Gasteiger partial charge >= 0.3 is 5.97 Å². The minimum atomic E-state index is -0.865. The van der Waals surface area contributed by atoms with E-state index in [9.17, 15) is 14.7 Å². The molecule has 1 fully saturated rings. The third-order valence-electron chi connectivity index (χ3n) is 5.03. The molecule has 0 aliphatic carbocycles. The number of carbonyl (C=O) groups excluding carboxylic acids is 1. The highest BCUT2D eigenvalue weighted by Crippen LogP contribution is 2.34. The van der Waals surface area contributed by atoms with E-state index in [1.165, 1.54) is 0 Å². The first-order valence-corrected chi connectivity index (χ1v) is 8.82. The molecule has 2 heterocycles.